The van der Waals surface area contributed by atoms with Crippen LogP contribution in [0.15, 0.2) is 18.3 Å². The van der Waals surface area contributed by atoms with Gasteiger partial charge in [-0.25, -0.2) is 9.78 Å². The minimum Gasteiger partial charge on any atom is -0.453 e. The molecule has 1 amide bonds. The molecular formula is C13H15FN2O2. The molecule has 0 N–H and O–H groups in total. The van der Waals surface area contributed by atoms with Gasteiger partial charge in [-0.05, 0) is 30.9 Å². The summed E-state index contributed by atoms with van der Waals surface area (Å²) in [6.07, 6.45) is 4.27. The van der Waals surface area contributed by atoms with E-state index in [0.29, 0.717) is 0 Å². The summed E-state index contributed by atoms with van der Waals surface area (Å²) in [5.41, 5.74) is 1.01. The molecule has 0 aliphatic carbocycles. The van der Waals surface area contributed by atoms with Gasteiger partial charge >= 0.3 is 6.09 Å². The summed E-state index contributed by atoms with van der Waals surface area (Å²) in [5, 5.41) is 0. The Kier molecular flexibility index (Phi) is 2.69. The molecule has 0 spiro atoms. The normalized spacial score (nSPS) is 29.7. The zero-order valence-corrected chi connectivity index (χ0v) is 10.2. The number of halogens is 1. The van der Waals surface area contributed by atoms with Crippen LogP contribution in [0.5, 0.6) is 0 Å². The fourth-order valence-electron chi connectivity index (χ4n) is 3.34. The predicted octanol–water partition coefficient (Wildman–Crippen LogP) is 2.31. The molecule has 3 heterocycles. The molecule has 0 radical (unpaired) electrons. The van der Waals surface area contributed by atoms with Crippen LogP contribution in [0.25, 0.3) is 0 Å². The molecule has 1 unspecified atom stereocenters. The second-order valence-electron chi connectivity index (χ2n) is 4.93. The van der Waals surface area contributed by atoms with E-state index in [-0.39, 0.29) is 24.1 Å². The number of hydrogen-bond acceptors (Lipinski definition) is 3. The highest BCUT2D eigenvalue weighted by molar-refractivity contribution is 5.69. The first-order chi connectivity index (χ1) is 8.70. The number of methoxy groups -OCH3 is 1. The molecule has 2 bridgehead atoms. The summed E-state index contributed by atoms with van der Waals surface area (Å²) in [5.74, 6) is -0.206. The minimum atomic E-state index is -0.466. The summed E-state index contributed by atoms with van der Waals surface area (Å²) in [4.78, 5) is 17.3. The number of hydrogen-bond donors (Lipinski definition) is 0. The molecule has 2 aliphatic heterocycles. The molecule has 3 atom stereocenters. The van der Waals surface area contributed by atoms with Crippen molar-refractivity contribution in [2.24, 2.45) is 0 Å². The first-order valence-corrected chi connectivity index (χ1v) is 6.18. The Labute approximate surface area is 105 Å². The van der Waals surface area contributed by atoms with Crippen molar-refractivity contribution in [2.75, 3.05) is 7.11 Å². The first-order valence-electron chi connectivity index (χ1n) is 6.18. The maximum Gasteiger partial charge on any atom is 0.410 e. The van der Waals surface area contributed by atoms with Crippen molar-refractivity contribution < 1.29 is 13.9 Å². The van der Waals surface area contributed by atoms with Gasteiger partial charge in [-0.3, -0.25) is 0 Å². The molecule has 96 valence electrons. The fraction of sp³-hybridized carbons (Fsp3) is 0.538. The van der Waals surface area contributed by atoms with Gasteiger partial charge in [-0.2, -0.15) is 4.39 Å². The smallest absolute Gasteiger partial charge is 0.410 e. The van der Waals surface area contributed by atoms with Crippen molar-refractivity contribution in [2.45, 2.75) is 37.3 Å². The summed E-state index contributed by atoms with van der Waals surface area (Å²) in [6, 6.07) is 3.58. The van der Waals surface area contributed by atoms with Gasteiger partial charge in [-0.15, -0.1) is 0 Å². The number of carbonyl (C=O) groups excluding carboxylic acids is 1. The third-order valence-electron chi connectivity index (χ3n) is 4.10. The van der Waals surface area contributed by atoms with E-state index in [1.807, 2.05) is 4.90 Å². The lowest BCUT2D eigenvalue weighted by Crippen LogP contribution is -2.36. The minimum absolute atomic E-state index is 0.176. The molecule has 1 aromatic rings. The summed E-state index contributed by atoms with van der Waals surface area (Å²) in [7, 11) is 1.41. The van der Waals surface area contributed by atoms with Crippen molar-refractivity contribution >= 4 is 6.09 Å². The van der Waals surface area contributed by atoms with Crippen LogP contribution in [0, 0.1) is 5.95 Å². The molecule has 2 aliphatic rings. The van der Waals surface area contributed by atoms with Gasteiger partial charge in [-0.1, -0.05) is 6.07 Å². The van der Waals surface area contributed by atoms with Crippen LogP contribution in [0.2, 0.25) is 0 Å². The van der Waals surface area contributed by atoms with E-state index in [9.17, 15) is 9.18 Å². The molecular weight excluding hydrogens is 235 g/mol. The van der Waals surface area contributed by atoms with Crippen LogP contribution < -0.4 is 0 Å². The molecule has 2 saturated heterocycles. The zero-order valence-electron chi connectivity index (χ0n) is 10.2. The number of amides is 1. The lowest BCUT2D eigenvalue weighted by molar-refractivity contribution is 0.116. The van der Waals surface area contributed by atoms with Gasteiger partial charge in [0.2, 0.25) is 5.95 Å². The third kappa shape index (κ3) is 1.65. The highest BCUT2D eigenvalue weighted by atomic mass is 19.1. The topological polar surface area (TPSA) is 42.4 Å². The van der Waals surface area contributed by atoms with Gasteiger partial charge in [0, 0.05) is 24.2 Å². The van der Waals surface area contributed by atoms with Crippen LogP contribution in [0.3, 0.4) is 0 Å². The Bertz CT molecular complexity index is 463. The highest BCUT2D eigenvalue weighted by Gasteiger charge is 2.49. The summed E-state index contributed by atoms with van der Waals surface area (Å²) >= 11 is 0. The summed E-state index contributed by atoms with van der Waals surface area (Å²) < 4.78 is 17.7. The molecule has 0 aromatic carbocycles. The zero-order chi connectivity index (χ0) is 12.7. The molecule has 1 aromatic heterocycles. The maximum absolute atomic E-state index is 12.8. The Hall–Kier alpha value is -1.65. The third-order valence-corrected chi connectivity index (χ3v) is 4.10. The Morgan fingerprint density at radius 1 is 1.50 bits per heavy atom. The molecule has 3 rings (SSSR count). The van der Waals surface area contributed by atoms with Gasteiger partial charge in [0.1, 0.15) is 0 Å². The lowest BCUT2D eigenvalue weighted by atomic mass is 9.85. The van der Waals surface area contributed by atoms with E-state index < -0.39 is 5.95 Å². The quantitative estimate of drug-likeness (QED) is 0.718. The van der Waals surface area contributed by atoms with E-state index in [1.165, 1.54) is 13.2 Å². The van der Waals surface area contributed by atoms with Crippen molar-refractivity contribution in [3.63, 3.8) is 0 Å². The Morgan fingerprint density at radius 3 is 3.00 bits per heavy atom. The predicted molar refractivity (Wildman–Crippen MR) is 62.6 cm³/mol. The Morgan fingerprint density at radius 2 is 2.33 bits per heavy atom. The molecule has 5 heteroatoms. The van der Waals surface area contributed by atoms with Crippen molar-refractivity contribution in [3.8, 4) is 0 Å². The lowest BCUT2D eigenvalue weighted by Gasteiger charge is -2.23. The maximum atomic E-state index is 12.8. The number of fused-ring (bicyclic) bond motifs is 2. The number of aromatic nitrogens is 1. The monoisotopic (exact) mass is 250 g/mol. The molecule has 2 fully saturated rings. The van der Waals surface area contributed by atoms with E-state index in [1.54, 1.807) is 12.3 Å². The van der Waals surface area contributed by atoms with Crippen molar-refractivity contribution in [1.82, 2.24) is 9.88 Å². The summed E-state index contributed by atoms with van der Waals surface area (Å²) in [6.45, 7) is 0. The van der Waals surface area contributed by atoms with Crippen LogP contribution in [-0.4, -0.2) is 35.2 Å². The van der Waals surface area contributed by atoms with Crippen molar-refractivity contribution in [1.29, 1.82) is 0 Å². The average molecular weight is 250 g/mol. The van der Waals surface area contributed by atoms with Crippen LogP contribution in [0.1, 0.15) is 30.7 Å². The molecule has 4 nitrogen and oxygen atoms in total. The number of nitrogens with zero attached hydrogens (tertiary/aromatic N) is 2. The largest absolute Gasteiger partial charge is 0.453 e. The highest BCUT2D eigenvalue weighted by Crippen LogP contribution is 2.46. The van der Waals surface area contributed by atoms with E-state index in [2.05, 4.69) is 4.98 Å². The number of rotatable bonds is 1. The van der Waals surface area contributed by atoms with Gasteiger partial charge < -0.3 is 9.64 Å². The second kappa shape index (κ2) is 4.23. The molecule has 0 saturated carbocycles. The van der Waals surface area contributed by atoms with E-state index in [4.69, 9.17) is 4.74 Å². The van der Waals surface area contributed by atoms with Crippen LogP contribution >= 0.6 is 0 Å². The van der Waals surface area contributed by atoms with Crippen LogP contribution in [-0.2, 0) is 4.74 Å². The van der Waals surface area contributed by atoms with Crippen LogP contribution in [0.4, 0.5) is 9.18 Å². The Balaban J connectivity index is 1.85. The SMILES string of the molecule is COC(=O)N1[C@H]2CC[C@@H]1C(c1ccc(F)nc1)C2. The second-order valence-corrected chi connectivity index (χ2v) is 4.93. The van der Waals surface area contributed by atoms with E-state index in [0.717, 1.165) is 24.8 Å². The van der Waals surface area contributed by atoms with Gasteiger partial charge in [0.05, 0.1) is 7.11 Å². The first kappa shape index (κ1) is 11.4. The van der Waals surface area contributed by atoms with E-state index >= 15 is 0 Å². The fourth-order valence-corrected chi connectivity index (χ4v) is 3.34. The van der Waals surface area contributed by atoms with Crippen molar-refractivity contribution in [3.05, 3.63) is 29.8 Å². The standard InChI is InChI=1S/C13H15FN2O2/c1-18-13(17)16-9-3-4-11(16)10(6-9)8-2-5-12(14)15-7-8/h2,5,7,9-11H,3-4,6H2,1H3/t9-,10?,11+/m0/s1. The average Bonchev–Trinajstić information content (AvgIpc) is 2.96. The number of ether oxygens (including phenoxy) is 1. The van der Waals surface area contributed by atoms with Gasteiger partial charge in [0.25, 0.3) is 0 Å². The molecule has 18 heavy (non-hydrogen) atoms. The number of pyridine rings is 1. The van der Waals surface area contributed by atoms with Gasteiger partial charge in [0.15, 0.2) is 0 Å². The number of carbonyl (C=O) groups is 1.